The van der Waals surface area contributed by atoms with Crippen molar-refractivity contribution in [3.63, 3.8) is 0 Å². The average Bonchev–Trinajstić information content (AvgIpc) is 2.25. The van der Waals surface area contributed by atoms with E-state index in [1.54, 1.807) is 12.1 Å². The van der Waals surface area contributed by atoms with Crippen molar-refractivity contribution in [2.45, 2.75) is 26.3 Å². The molecule has 1 aliphatic heterocycles. The Kier molecular flexibility index (Phi) is 3.35. The van der Waals surface area contributed by atoms with Crippen molar-refractivity contribution in [3.05, 3.63) is 34.4 Å². The number of hydrogen-bond acceptors (Lipinski definition) is 2. The molecule has 0 aliphatic carbocycles. The van der Waals surface area contributed by atoms with E-state index >= 15 is 0 Å². The molecule has 1 amide bonds. The van der Waals surface area contributed by atoms with Crippen LogP contribution >= 0.6 is 11.6 Å². The number of hydrogen-bond donors (Lipinski definition) is 1. The van der Waals surface area contributed by atoms with Gasteiger partial charge in [0.15, 0.2) is 0 Å². The second-order valence-electron chi connectivity index (χ2n) is 5.34. The third-order valence-corrected chi connectivity index (χ3v) is 2.70. The minimum Gasteiger partial charge on any atom is -0.488 e. The zero-order valence-corrected chi connectivity index (χ0v) is 11.5. The minimum absolute atomic E-state index is 0.104. The zero-order valence-electron chi connectivity index (χ0n) is 10.7. The molecule has 1 aliphatic rings. The van der Waals surface area contributed by atoms with Crippen molar-refractivity contribution in [1.29, 1.82) is 0 Å². The largest absolute Gasteiger partial charge is 0.488 e. The van der Waals surface area contributed by atoms with Crippen LogP contribution in [0.1, 0.15) is 26.3 Å². The Morgan fingerprint density at radius 2 is 2.11 bits per heavy atom. The van der Waals surface area contributed by atoms with Crippen LogP contribution in [0.5, 0.6) is 5.75 Å². The second kappa shape index (κ2) is 4.65. The fourth-order valence-corrected chi connectivity index (χ4v) is 1.88. The predicted molar refractivity (Wildman–Crippen MR) is 72.8 cm³/mol. The van der Waals surface area contributed by atoms with Gasteiger partial charge in [0.05, 0.1) is 5.57 Å². The third-order valence-electron chi connectivity index (χ3n) is 2.46. The van der Waals surface area contributed by atoms with Crippen LogP contribution in [0.15, 0.2) is 23.8 Å². The smallest absolute Gasteiger partial charge is 0.251 e. The molecular weight excluding hydrogens is 250 g/mol. The van der Waals surface area contributed by atoms with Crippen LogP contribution < -0.4 is 10.1 Å². The maximum Gasteiger partial charge on any atom is 0.251 e. The summed E-state index contributed by atoms with van der Waals surface area (Å²) >= 11 is 5.93. The van der Waals surface area contributed by atoms with Gasteiger partial charge in [-0.1, -0.05) is 11.6 Å². The highest BCUT2D eigenvalue weighted by molar-refractivity contribution is 6.30. The minimum atomic E-state index is -0.257. The summed E-state index contributed by atoms with van der Waals surface area (Å²) in [5.74, 6) is 0.653. The van der Waals surface area contributed by atoms with E-state index in [0.717, 1.165) is 11.3 Å². The summed E-state index contributed by atoms with van der Waals surface area (Å²) in [7, 11) is 0. The van der Waals surface area contributed by atoms with Crippen molar-refractivity contribution in [1.82, 2.24) is 5.32 Å². The first-order valence-corrected chi connectivity index (χ1v) is 6.18. The summed E-state index contributed by atoms with van der Waals surface area (Å²) in [5.41, 5.74) is 1.19. The van der Waals surface area contributed by atoms with Gasteiger partial charge in [-0.3, -0.25) is 4.79 Å². The molecule has 0 atom stereocenters. The number of halogens is 1. The molecule has 0 fully saturated rings. The molecule has 1 N–H and O–H groups in total. The molecule has 0 saturated carbocycles. The lowest BCUT2D eigenvalue weighted by molar-refractivity contribution is -0.119. The van der Waals surface area contributed by atoms with E-state index in [1.165, 1.54) is 0 Å². The lowest BCUT2D eigenvalue weighted by atomic mass is 10.0. The Hall–Kier alpha value is -1.48. The van der Waals surface area contributed by atoms with Crippen molar-refractivity contribution in [2.24, 2.45) is 0 Å². The first-order chi connectivity index (χ1) is 8.35. The van der Waals surface area contributed by atoms with Crippen LogP contribution in [-0.2, 0) is 4.79 Å². The maximum absolute atomic E-state index is 12.0. The lowest BCUT2D eigenvalue weighted by Crippen LogP contribution is -2.42. The van der Waals surface area contributed by atoms with Crippen LogP contribution in [0.25, 0.3) is 6.08 Å². The molecule has 0 spiro atoms. The van der Waals surface area contributed by atoms with Gasteiger partial charge in [0.1, 0.15) is 12.4 Å². The molecule has 0 bridgehead atoms. The van der Waals surface area contributed by atoms with E-state index in [0.29, 0.717) is 10.6 Å². The number of amides is 1. The fourth-order valence-electron chi connectivity index (χ4n) is 1.70. The van der Waals surface area contributed by atoms with Gasteiger partial charge in [0, 0.05) is 16.1 Å². The number of carbonyl (C=O) groups excluding carboxylic acids is 1. The molecule has 18 heavy (non-hydrogen) atoms. The Balaban J connectivity index is 2.24. The van der Waals surface area contributed by atoms with Gasteiger partial charge in [0.25, 0.3) is 5.91 Å². The number of carbonyl (C=O) groups is 1. The van der Waals surface area contributed by atoms with Gasteiger partial charge >= 0.3 is 0 Å². The van der Waals surface area contributed by atoms with Gasteiger partial charge in [-0.25, -0.2) is 0 Å². The van der Waals surface area contributed by atoms with Crippen LogP contribution in [0.3, 0.4) is 0 Å². The van der Waals surface area contributed by atoms with Crippen LogP contribution in [0, 0.1) is 0 Å². The predicted octanol–water partition coefficient (Wildman–Crippen LogP) is 3.03. The van der Waals surface area contributed by atoms with Gasteiger partial charge < -0.3 is 10.1 Å². The van der Waals surface area contributed by atoms with E-state index in [-0.39, 0.29) is 18.1 Å². The van der Waals surface area contributed by atoms with Crippen molar-refractivity contribution < 1.29 is 9.53 Å². The molecule has 96 valence electrons. The van der Waals surface area contributed by atoms with Crippen molar-refractivity contribution in [2.75, 3.05) is 6.61 Å². The maximum atomic E-state index is 12.0. The molecule has 1 aromatic carbocycles. The van der Waals surface area contributed by atoms with Crippen LogP contribution in [0.4, 0.5) is 0 Å². The summed E-state index contributed by atoms with van der Waals surface area (Å²) in [4.78, 5) is 12.0. The molecule has 2 rings (SSSR count). The second-order valence-corrected chi connectivity index (χ2v) is 5.78. The first kappa shape index (κ1) is 13.0. The molecule has 0 aromatic heterocycles. The highest BCUT2D eigenvalue weighted by Crippen LogP contribution is 2.29. The molecule has 4 heteroatoms. The Morgan fingerprint density at radius 3 is 2.78 bits per heavy atom. The Bertz CT molecular complexity index is 515. The molecule has 1 aromatic rings. The number of ether oxygens (including phenoxy) is 1. The van der Waals surface area contributed by atoms with Crippen LogP contribution in [-0.4, -0.2) is 18.1 Å². The molecule has 0 radical (unpaired) electrons. The standard InChI is InChI=1S/C14H16ClNO2/c1-14(2,3)16-13(17)10-6-9-7-11(15)4-5-12(9)18-8-10/h4-7H,8H2,1-3H3,(H,16,17). The van der Waals surface area contributed by atoms with Crippen LogP contribution in [0.2, 0.25) is 5.02 Å². The Morgan fingerprint density at radius 1 is 1.39 bits per heavy atom. The monoisotopic (exact) mass is 265 g/mol. The molecule has 1 heterocycles. The average molecular weight is 266 g/mol. The number of nitrogens with one attached hydrogen (secondary N) is 1. The first-order valence-electron chi connectivity index (χ1n) is 5.80. The summed E-state index contributed by atoms with van der Waals surface area (Å²) in [6, 6.07) is 5.38. The van der Waals surface area contributed by atoms with E-state index in [4.69, 9.17) is 16.3 Å². The van der Waals surface area contributed by atoms with Gasteiger partial charge in [-0.2, -0.15) is 0 Å². The highest BCUT2D eigenvalue weighted by atomic mass is 35.5. The third kappa shape index (κ3) is 3.05. The number of benzene rings is 1. The molecular formula is C14H16ClNO2. The fraction of sp³-hybridized carbons (Fsp3) is 0.357. The summed E-state index contributed by atoms with van der Waals surface area (Å²) in [6.07, 6.45) is 1.83. The SMILES string of the molecule is CC(C)(C)NC(=O)C1=Cc2cc(Cl)ccc2OC1. The topological polar surface area (TPSA) is 38.3 Å². The quantitative estimate of drug-likeness (QED) is 0.848. The number of fused-ring (bicyclic) bond motifs is 1. The van der Waals surface area contributed by atoms with Crippen molar-refractivity contribution >= 4 is 23.6 Å². The van der Waals surface area contributed by atoms with E-state index in [2.05, 4.69) is 5.32 Å². The highest BCUT2D eigenvalue weighted by Gasteiger charge is 2.21. The molecule has 3 nitrogen and oxygen atoms in total. The van der Waals surface area contributed by atoms with Gasteiger partial charge in [-0.15, -0.1) is 0 Å². The summed E-state index contributed by atoms with van der Waals surface area (Å²) in [6.45, 7) is 6.12. The molecule has 0 unspecified atom stereocenters. The summed E-state index contributed by atoms with van der Waals surface area (Å²) < 4.78 is 5.54. The Labute approximate surface area is 112 Å². The van der Waals surface area contributed by atoms with E-state index in [1.807, 2.05) is 32.9 Å². The lowest BCUT2D eigenvalue weighted by Gasteiger charge is -2.23. The summed E-state index contributed by atoms with van der Waals surface area (Å²) in [5, 5.41) is 3.54. The van der Waals surface area contributed by atoms with Crippen molar-refractivity contribution in [3.8, 4) is 5.75 Å². The number of rotatable bonds is 1. The zero-order chi connectivity index (χ0) is 13.3. The van der Waals surface area contributed by atoms with Gasteiger partial charge in [0.2, 0.25) is 0 Å². The van der Waals surface area contributed by atoms with E-state index in [9.17, 15) is 4.79 Å². The normalized spacial score (nSPS) is 14.3. The van der Waals surface area contributed by atoms with Gasteiger partial charge in [-0.05, 0) is 45.0 Å². The van der Waals surface area contributed by atoms with E-state index < -0.39 is 0 Å². The molecule has 0 saturated heterocycles.